The van der Waals surface area contributed by atoms with Crippen LogP contribution in [0.1, 0.15) is 115 Å². The molecule has 382 valence electrons. The molecular formula is C63H50F10N2. The summed E-state index contributed by atoms with van der Waals surface area (Å²) in [7, 11) is 0. The summed E-state index contributed by atoms with van der Waals surface area (Å²) >= 11 is 0. The average molecular weight is 1030 g/mol. The van der Waals surface area contributed by atoms with Gasteiger partial charge in [0.15, 0.2) is 46.5 Å². The summed E-state index contributed by atoms with van der Waals surface area (Å²) in [6, 6.07) is 32.3. The quantitative estimate of drug-likeness (QED) is 0.0750. The smallest absolute Gasteiger partial charge is 0.200 e. The van der Waals surface area contributed by atoms with Gasteiger partial charge in [-0.1, -0.05) is 114 Å². The molecule has 0 saturated heterocycles. The molecule has 0 spiro atoms. The van der Waals surface area contributed by atoms with Crippen LogP contribution in [0.3, 0.4) is 0 Å². The van der Waals surface area contributed by atoms with Crippen LogP contribution in [-0.2, 0) is 16.2 Å². The first-order valence-electron chi connectivity index (χ1n) is 25.7. The summed E-state index contributed by atoms with van der Waals surface area (Å²) in [4.78, 5) is 2.73. The van der Waals surface area contributed by atoms with Crippen LogP contribution < -0.4 is 9.80 Å². The van der Waals surface area contributed by atoms with Crippen LogP contribution >= 0.6 is 0 Å². The number of benzene rings is 8. The minimum Gasteiger partial charge on any atom is -0.329 e. The van der Waals surface area contributed by atoms with Gasteiger partial charge in [0.25, 0.3) is 0 Å². The molecule has 0 N–H and O–H groups in total. The minimum absolute atomic E-state index is 0.407. The van der Waals surface area contributed by atoms with Gasteiger partial charge >= 0.3 is 0 Å². The van der Waals surface area contributed by atoms with Crippen LogP contribution in [0.2, 0.25) is 0 Å². The van der Waals surface area contributed by atoms with Crippen molar-refractivity contribution >= 4 is 44.3 Å². The van der Waals surface area contributed by atoms with Gasteiger partial charge in [-0.25, -0.2) is 43.9 Å². The van der Waals surface area contributed by atoms with Crippen molar-refractivity contribution in [2.75, 3.05) is 9.80 Å². The van der Waals surface area contributed by atoms with E-state index >= 15 is 17.6 Å². The van der Waals surface area contributed by atoms with Gasteiger partial charge in [0, 0.05) is 27.6 Å². The van der Waals surface area contributed by atoms with Crippen LogP contribution in [0.5, 0.6) is 0 Å². The van der Waals surface area contributed by atoms with Crippen LogP contribution in [0.4, 0.5) is 66.7 Å². The Kier molecular flexibility index (Phi) is 9.98. The first-order valence-corrected chi connectivity index (χ1v) is 25.7. The van der Waals surface area contributed by atoms with E-state index in [9.17, 15) is 26.3 Å². The predicted octanol–water partition coefficient (Wildman–Crippen LogP) is 18.5. The average Bonchev–Trinajstić information content (AvgIpc) is 3.86. The van der Waals surface area contributed by atoms with Crippen molar-refractivity contribution in [2.24, 2.45) is 0 Å². The van der Waals surface area contributed by atoms with Crippen LogP contribution in [0.25, 0.3) is 54.9 Å². The van der Waals surface area contributed by atoms with Crippen LogP contribution in [0.15, 0.2) is 97.1 Å². The van der Waals surface area contributed by atoms with E-state index in [0.717, 1.165) is 103 Å². The summed E-state index contributed by atoms with van der Waals surface area (Å²) in [6.45, 7) is 12.2. The molecule has 8 aromatic carbocycles. The zero-order valence-electron chi connectivity index (χ0n) is 42.1. The van der Waals surface area contributed by atoms with Crippen molar-refractivity contribution in [3.05, 3.63) is 177 Å². The predicted molar refractivity (Wildman–Crippen MR) is 275 cm³/mol. The Bertz CT molecular complexity index is 3830. The van der Waals surface area contributed by atoms with Gasteiger partial charge in [0.1, 0.15) is 11.4 Å². The Morgan fingerprint density at radius 2 is 0.747 bits per heavy atom. The first kappa shape index (κ1) is 47.9. The molecule has 0 bridgehead atoms. The normalized spacial score (nSPS) is 24.1. The van der Waals surface area contributed by atoms with E-state index in [2.05, 4.69) is 62.4 Å². The molecule has 4 atom stereocenters. The topological polar surface area (TPSA) is 6.48 Å². The minimum atomic E-state index is -2.19. The van der Waals surface area contributed by atoms with E-state index in [1.54, 1.807) is 12.1 Å². The van der Waals surface area contributed by atoms with Gasteiger partial charge < -0.3 is 9.80 Å². The Labute approximate surface area is 427 Å². The van der Waals surface area contributed by atoms with Crippen molar-refractivity contribution in [2.45, 2.75) is 120 Å². The highest BCUT2D eigenvalue weighted by Crippen LogP contribution is 2.64. The second kappa shape index (κ2) is 15.6. The largest absolute Gasteiger partial charge is 0.329 e. The standard InChI is InChI=1S/C63H50F10N2/c1-59(2)40-28-32(34-18-22-44-42(30-34)61(4)24-10-12-26-63(61,6)75(44)58-55(72)51(68)48(65)52(69)56(58)73)16-20-38(40)45-36-14-8-7-13-35(36)39-27-31(15-19-37(39)46(45)59)33-17-21-43-41(29-33)60(3)23-9-11-25-62(60,5)74(43)57-53(70)49(66)47(64)50(67)54(57)71/h7-8,13-22,27-30H,9-12,23-26H2,1-6H3. The second-order valence-electron chi connectivity index (χ2n) is 23.0. The lowest BCUT2D eigenvalue weighted by Gasteiger charge is -2.50. The SMILES string of the molecule is CC1(C)c2cc(-c3ccc4c(c3)C3(C)CCCCC3(C)N4c3c(F)c(F)c(F)c(F)c3F)ccc2-c2c1c1ccc(-c3ccc4c(c3)C3(C)CCCCC3(C)N4c3c(F)c(F)c(F)c(F)c3F)cc1c1ccccc21. The number of rotatable bonds is 4. The molecule has 13 rings (SSSR count). The Morgan fingerprint density at radius 1 is 0.360 bits per heavy atom. The van der Waals surface area contributed by atoms with Gasteiger partial charge in [0.2, 0.25) is 11.6 Å². The summed E-state index contributed by atoms with van der Waals surface area (Å²) in [5, 5.41) is 4.16. The summed E-state index contributed by atoms with van der Waals surface area (Å²) < 4.78 is 151. The van der Waals surface area contributed by atoms with Crippen molar-refractivity contribution in [3.8, 4) is 33.4 Å². The lowest BCUT2D eigenvalue weighted by atomic mass is 9.61. The molecule has 12 heteroatoms. The number of anilines is 4. The number of nitrogens with zero attached hydrogens (tertiary/aromatic N) is 2. The number of halogens is 10. The molecule has 5 aliphatic rings. The van der Waals surface area contributed by atoms with Crippen LogP contribution in [-0.4, -0.2) is 11.1 Å². The highest BCUT2D eigenvalue weighted by molar-refractivity contribution is 6.19. The highest BCUT2D eigenvalue weighted by Gasteiger charge is 2.61. The van der Waals surface area contributed by atoms with E-state index < -0.39 is 96.9 Å². The molecule has 0 aromatic heterocycles. The molecule has 2 aliphatic heterocycles. The summed E-state index contributed by atoms with van der Waals surface area (Å²) in [6.07, 6.45) is 5.33. The monoisotopic (exact) mass is 1020 g/mol. The third-order valence-electron chi connectivity index (χ3n) is 19.3. The van der Waals surface area contributed by atoms with E-state index in [-0.39, 0.29) is 0 Å². The van der Waals surface area contributed by atoms with E-state index in [1.165, 1.54) is 9.80 Å². The van der Waals surface area contributed by atoms with Gasteiger partial charge in [-0.2, -0.15) is 0 Å². The zero-order valence-corrected chi connectivity index (χ0v) is 42.1. The fourth-order valence-corrected chi connectivity index (χ4v) is 15.0. The maximum absolute atomic E-state index is 15.8. The summed E-state index contributed by atoms with van der Waals surface area (Å²) in [5.41, 5.74) is 4.49. The number of hydrogen-bond acceptors (Lipinski definition) is 2. The molecular weight excluding hydrogens is 975 g/mol. The van der Waals surface area contributed by atoms with Gasteiger partial charge in [-0.05, 0) is 153 Å². The lowest BCUT2D eigenvalue weighted by molar-refractivity contribution is 0.192. The van der Waals surface area contributed by atoms with E-state index in [0.29, 0.717) is 37.1 Å². The van der Waals surface area contributed by atoms with Crippen molar-refractivity contribution in [1.82, 2.24) is 0 Å². The molecule has 2 saturated carbocycles. The zero-order chi connectivity index (χ0) is 52.8. The fraction of sp³-hybridized carbons (Fsp3) is 0.302. The van der Waals surface area contributed by atoms with Gasteiger partial charge in [0.05, 0.1) is 11.1 Å². The molecule has 2 nitrogen and oxygen atoms in total. The molecule has 2 heterocycles. The van der Waals surface area contributed by atoms with Crippen LogP contribution in [0, 0.1) is 58.2 Å². The maximum Gasteiger partial charge on any atom is 0.200 e. The molecule has 8 aromatic rings. The highest BCUT2D eigenvalue weighted by atomic mass is 19.2. The third kappa shape index (κ3) is 5.89. The van der Waals surface area contributed by atoms with Crippen molar-refractivity contribution in [1.29, 1.82) is 0 Å². The Morgan fingerprint density at radius 3 is 1.23 bits per heavy atom. The van der Waals surface area contributed by atoms with Gasteiger partial charge in [-0.15, -0.1) is 0 Å². The Balaban J connectivity index is 0.923. The second-order valence-corrected chi connectivity index (χ2v) is 23.0. The number of fused-ring (bicyclic) bond motifs is 14. The Hall–Kier alpha value is -6.82. The molecule has 75 heavy (non-hydrogen) atoms. The first-order chi connectivity index (χ1) is 35.6. The fourth-order valence-electron chi connectivity index (χ4n) is 15.0. The van der Waals surface area contributed by atoms with E-state index in [1.807, 2.05) is 64.1 Å². The molecule has 2 fully saturated rings. The lowest BCUT2D eigenvalue weighted by Crippen LogP contribution is -2.55. The molecule has 3 aliphatic carbocycles. The van der Waals surface area contributed by atoms with Gasteiger partial charge in [-0.3, -0.25) is 0 Å². The maximum atomic E-state index is 15.8. The molecule has 4 unspecified atom stereocenters. The van der Waals surface area contributed by atoms with Crippen molar-refractivity contribution < 1.29 is 43.9 Å². The third-order valence-corrected chi connectivity index (χ3v) is 19.3. The number of hydrogen-bond donors (Lipinski definition) is 0. The molecule has 0 radical (unpaired) electrons. The summed E-state index contributed by atoms with van der Waals surface area (Å²) in [5.74, 6) is -19.7. The molecule has 0 amide bonds. The van der Waals surface area contributed by atoms with Crippen molar-refractivity contribution in [3.63, 3.8) is 0 Å². The van der Waals surface area contributed by atoms with E-state index in [4.69, 9.17) is 0 Å².